The molecule has 5 aromatic rings. The summed E-state index contributed by atoms with van der Waals surface area (Å²) in [7, 11) is 1.61. The van der Waals surface area contributed by atoms with E-state index in [1.807, 2.05) is 79.0 Å². The number of hydrogen-bond donors (Lipinski definition) is 3. The molecule has 7 heteroatoms. The lowest BCUT2D eigenvalue weighted by Gasteiger charge is -2.23. The number of hydrogen-bond acceptors (Lipinski definition) is 6. The van der Waals surface area contributed by atoms with Crippen LogP contribution in [-0.2, 0) is 6.42 Å². The first-order valence-electron chi connectivity index (χ1n) is 11.8. The van der Waals surface area contributed by atoms with Gasteiger partial charge < -0.3 is 25.1 Å². The Labute approximate surface area is 208 Å². The maximum atomic E-state index is 12.7. The van der Waals surface area contributed by atoms with Gasteiger partial charge in [0.15, 0.2) is 12.5 Å². The molecule has 3 N–H and O–H groups in total. The number of benzene rings is 3. The van der Waals surface area contributed by atoms with Crippen molar-refractivity contribution in [2.45, 2.75) is 12.5 Å². The van der Waals surface area contributed by atoms with Gasteiger partial charge in [0, 0.05) is 29.3 Å². The zero-order valence-electron chi connectivity index (χ0n) is 19.9. The highest BCUT2D eigenvalue weighted by Gasteiger charge is 2.30. The average Bonchev–Trinajstić information content (AvgIpc) is 3.35. The number of aromatic amines is 1. The van der Waals surface area contributed by atoms with E-state index in [0.29, 0.717) is 17.9 Å². The fourth-order valence-electron chi connectivity index (χ4n) is 4.41. The standard InChI is InChI=1S/C29H27N3O4/c1-35-22-13-11-19(12-14-22)26(30-16-15-20-17-31-24-10-6-5-9-23(20)24)25-27(33)28(34)29(25)36-18-32-21-7-3-2-4-8-21/h2-14,17,26,30-32H,15-16,18H2,1H3. The highest BCUT2D eigenvalue weighted by molar-refractivity contribution is 5.83. The van der Waals surface area contributed by atoms with Crippen LogP contribution in [0.5, 0.6) is 11.5 Å². The topological polar surface area (TPSA) is 92.4 Å². The molecule has 0 aliphatic heterocycles. The van der Waals surface area contributed by atoms with Crippen LogP contribution < -0.4 is 31.0 Å². The minimum absolute atomic E-state index is 0.0759. The molecule has 1 unspecified atom stereocenters. The van der Waals surface area contributed by atoms with Crippen LogP contribution in [0.2, 0.25) is 0 Å². The van der Waals surface area contributed by atoms with Gasteiger partial charge in [-0.05, 0) is 47.9 Å². The molecule has 0 saturated carbocycles. The van der Waals surface area contributed by atoms with E-state index in [1.165, 1.54) is 10.9 Å². The van der Waals surface area contributed by atoms with E-state index >= 15 is 0 Å². The van der Waals surface area contributed by atoms with Gasteiger partial charge >= 0.3 is 0 Å². The highest BCUT2D eigenvalue weighted by atomic mass is 16.5. The van der Waals surface area contributed by atoms with Crippen molar-refractivity contribution in [2.24, 2.45) is 0 Å². The van der Waals surface area contributed by atoms with E-state index in [0.717, 1.165) is 23.2 Å². The minimum Gasteiger partial charge on any atom is -0.497 e. The van der Waals surface area contributed by atoms with Crippen LogP contribution in [0, 0.1) is 0 Å². The van der Waals surface area contributed by atoms with E-state index in [4.69, 9.17) is 9.47 Å². The third-order valence-electron chi connectivity index (χ3n) is 6.32. The molecule has 0 spiro atoms. The number of methoxy groups -OCH3 is 1. The molecule has 1 atom stereocenters. The molecule has 1 aromatic heterocycles. The van der Waals surface area contributed by atoms with Crippen LogP contribution in [0.3, 0.4) is 0 Å². The Kier molecular flexibility index (Phi) is 6.82. The summed E-state index contributed by atoms with van der Waals surface area (Å²) in [5.74, 6) is 0.814. The molecular weight excluding hydrogens is 454 g/mol. The molecule has 4 aromatic carbocycles. The van der Waals surface area contributed by atoms with Gasteiger partial charge in [-0.3, -0.25) is 9.59 Å². The number of anilines is 1. The van der Waals surface area contributed by atoms with Gasteiger partial charge in [0.05, 0.1) is 18.7 Å². The number of fused-ring (bicyclic) bond motifs is 1. The molecule has 0 bridgehead atoms. The van der Waals surface area contributed by atoms with Crippen LogP contribution in [-0.4, -0.2) is 25.4 Å². The van der Waals surface area contributed by atoms with Gasteiger partial charge in [0.25, 0.3) is 5.43 Å². The Morgan fingerprint density at radius 2 is 1.64 bits per heavy atom. The highest BCUT2D eigenvalue weighted by Crippen LogP contribution is 2.28. The number of aromatic nitrogens is 1. The first kappa shape index (κ1) is 23.4. The van der Waals surface area contributed by atoms with Gasteiger partial charge in [-0.1, -0.05) is 48.5 Å². The molecule has 7 nitrogen and oxygen atoms in total. The van der Waals surface area contributed by atoms with Crippen LogP contribution in [0.1, 0.15) is 22.7 Å². The molecule has 1 heterocycles. The van der Waals surface area contributed by atoms with Crippen molar-refractivity contribution in [3.63, 3.8) is 0 Å². The van der Waals surface area contributed by atoms with Crippen LogP contribution in [0.4, 0.5) is 5.69 Å². The van der Waals surface area contributed by atoms with Crippen molar-refractivity contribution < 1.29 is 9.47 Å². The molecular formula is C29H27N3O4. The fourth-order valence-corrected chi connectivity index (χ4v) is 4.41. The first-order valence-corrected chi connectivity index (χ1v) is 11.8. The molecule has 0 aliphatic carbocycles. The van der Waals surface area contributed by atoms with Gasteiger partial charge in [-0.25, -0.2) is 0 Å². The number of para-hydroxylation sites is 2. The maximum absolute atomic E-state index is 12.7. The van der Waals surface area contributed by atoms with Crippen LogP contribution >= 0.6 is 0 Å². The number of nitrogens with one attached hydrogen (secondary N) is 3. The number of rotatable bonds is 11. The molecule has 5 rings (SSSR count). The Morgan fingerprint density at radius 1 is 0.889 bits per heavy atom. The SMILES string of the molecule is COc1ccc(C(NCCc2c[nH]c3ccccc23)c2c(OCNc3ccccc3)c(=O)c2=O)cc1. The minimum atomic E-state index is -0.600. The third kappa shape index (κ3) is 4.74. The van der Waals surface area contributed by atoms with E-state index in [2.05, 4.69) is 21.7 Å². The van der Waals surface area contributed by atoms with Gasteiger partial charge in [-0.15, -0.1) is 0 Å². The fraction of sp³-hybridized carbons (Fsp3) is 0.172. The summed E-state index contributed by atoms with van der Waals surface area (Å²) in [6.07, 6.45) is 2.76. The second-order valence-corrected chi connectivity index (χ2v) is 8.50. The van der Waals surface area contributed by atoms with Gasteiger partial charge in [0.1, 0.15) is 5.75 Å². The van der Waals surface area contributed by atoms with Crippen LogP contribution in [0.15, 0.2) is 94.6 Å². The quantitative estimate of drug-likeness (QED) is 0.194. The lowest BCUT2D eigenvalue weighted by Crippen LogP contribution is -2.42. The average molecular weight is 482 g/mol. The Morgan fingerprint density at radius 3 is 2.42 bits per heavy atom. The molecule has 0 saturated heterocycles. The summed E-state index contributed by atoms with van der Waals surface area (Å²) in [5, 5.41) is 7.77. The van der Waals surface area contributed by atoms with Crippen molar-refractivity contribution in [3.8, 4) is 11.5 Å². The zero-order valence-corrected chi connectivity index (χ0v) is 19.9. The van der Waals surface area contributed by atoms with E-state index in [-0.39, 0.29) is 12.5 Å². The van der Waals surface area contributed by atoms with Crippen molar-refractivity contribution in [1.29, 1.82) is 0 Å². The molecule has 0 amide bonds. The Bertz CT molecular complexity index is 1520. The van der Waals surface area contributed by atoms with Crippen molar-refractivity contribution in [2.75, 3.05) is 25.7 Å². The Hall–Kier alpha value is -4.36. The lowest BCUT2D eigenvalue weighted by atomic mass is 9.93. The summed E-state index contributed by atoms with van der Waals surface area (Å²) >= 11 is 0. The predicted octanol–water partition coefficient (Wildman–Crippen LogP) is 4.14. The number of H-pyrrole nitrogens is 1. The maximum Gasteiger partial charge on any atom is 0.268 e. The monoisotopic (exact) mass is 481 g/mol. The number of ether oxygens (including phenoxy) is 2. The molecule has 182 valence electrons. The van der Waals surface area contributed by atoms with Crippen LogP contribution in [0.25, 0.3) is 10.9 Å². The lowest BCUT2D eigenvalue weighted by molar-refractivity contribution is 0.330. The normalized spacial score (nSPS) is 12.0. The third-order valence-corrected chi connectivity index (χ3v) is 6.32. The van der Waals surface area contributed by atoms with E-state index in [9.17, 15) is 9.59 Å². The van der Waals surface area contributed by atoms with Gasteiger partial charge in [-0.2, -0.15) is 0 Å². The summed E-state index contributed by atoms with van der Waals surface area (Å²) in [6, 6.07) is 24.7. The van der Waals surface area contributed by atoms with Crippen molar-refractivity contribution >= 4 is 16.6 Å². The molecule has 0 aliphatic rings. The first-order chi connectivity index (χ1) is 17.7. The smallest absolute Gasteiger partial charge is 0.268 e. The van der Waals surface area contributed by atoms with E-state index in [1.54, 1.807) is 7.11 Å². The Balaban J connectivity index is 1.36. The zero-order chi connectivity index (χ0) is 24.9. The largest absolute Gasteiger partial charge is 0.497 e. The van der Waals surface area contributed by atoms with Crippen molar-refractivity contribution in [3.05, 3.63) is 122 Å². The summed E-state index contributed by atoms with van der Waals surface area (Å²) in [5.41, 5.74) is 3.20. The summed E-state index contributed by atoms with van der Waals surface area (Å²) in [6.45, 7) is 0.672. The van der Waals surface area contributed by atoms with Gasteiger partial charge in [0.2, 0.25) is 5.43 Å². The van der Waals surface area contributed by atoms with E-state index < -0.39 is 16.9 Å². The predicted molar refractivity (Wildman–Crippen MR) is 142 cm³/mol. The van der Waals surface area contributed by atoms with Crippen molar-refractivity contribution in [1.82, 2.24) is 10.3 Å². The second kappa shape index (κ2) is 10.5. The summed E-state index contributed by atoms with van der Waals surface area (Å²) in [4.78, 5) is 28.5. The second-order valence-electron chi connectivity index (χ2n) is 8.50. The summed E-state index contributed by atoms with van der Waals surface area (Å²) < 4.78 is 11.0. The molecule has 36 heavy (non-hydrogen) atoms. The molecule has 0 radical (unpaired) electrons. The molecule has 0 fully saturated rings.